The van der Waals surface area contributed by atoms with Crippen molar-refractivity contribution in [1.29, 1.82) is 0 Å². The minimum atomic E-state index is -0.509. The third-order valence-corrected chi connectivity index (χ3v) is 4.43. The summed E-state index contributed by atoms with van der Waals surface area (Å²) in [4.78, 5) is 24.0. The Morgan fingerprint density at radius 3 is 2.64 bits per heavy atom. The summed E-state index contributed by atoms with van der Waals surface area (Å²) in [5.41, 5.74) is 2.84. The van der Waals surface area contributed by atoms with E-state index in [1.54, 1.807) is 0 Å². The van der Waals surface area contributed by atoms with Crippen molar-refractivity contribution in [2.75, 3.05) is 11.9 Å². The van der Waals surface area contributed by atoms with Crippen molar-refractivity contribution in [3.05, 3.63) is 65.7 Å². The van der Waals surface area contributed by atoms with Crippen LogP contribution in [0.3, 0.4) is 0 Å². The Hall–Kier alpha value is -2.82. The SMILES string of the molecule is Cc1ccccc1NC(=O)OC[C@@H]1C[C@H](c2ccccc2)CC(=O)N1. The second-order valence-electron chi connectivity index (χ2n) is 6.35. The van der Waals surface area contributed by atoms with Gasteiger partial charge in [-0.15, -0.1) is 0 Å². The molecule has 2 aromatic rings. The number of carbonyl (C=O) groups excluding carboxylic acids is 2. The molecule has 2 aromatic carbocycles. The molecule has 0 bridgehead atoms. The molecule has 0 aromatic heterocycles. The van der Waals surface area contributed by atoms with Crippen molar-refractivity contribution in [2.45, 2.75) is 31.7 Å². The normalized spacial score (nSPS) is 19.8. The van der Waals surface area contributed by atoms with Gasteiger partial charge in [-0.2, -0.15) is 0 Å². The number of anilines is 1. The van der Waals surface area contributed by atoms with E-state index in [0.717, 1.165) is 23.2 Å². The maximum atomic E-state index is 12.0. The number of ether oxygens (including phenoxy) is 1. The first-order chi connectivity index (χ1) is 12.1. The Morgan fingerprint density at radius 2 is 1.88 bits per heavy atom. The number of rotatable bonds is 4. The first-order valence-electron chi connectivity index (χ1n) is 8.45. The van der Waals surface area contributed by atoms with Gasteiger partial charge in [0.25, 0.3) is 0 Å². The summed E-state index contributed by atoms with van der Waals surface area (Å²) in [6.07, 6.45) is 0.717. The minimum Gasteiger partial charge on any atom is -0.447 e. The molecule has 2 amide bonds. The van der Waals surface area contributed by atoms with E-state index in [1.165, 1.54) is 0 Å². The molecule has 2 N–H and O–H groups in total. The van der Waals surface area contributed by atoms with Gasteiger partial charge in [0.05, 0.1) is 6.04 Å². The zero-order valence-electron chi connectivity index (χ0n) is 14.2. The monoisotopic (exact) mass is 338 g/mol. The molecule has 0 unspecified atom stereocenters. The number of para-hydroxylation sites is 1. The van der Waals surface area contributed by atoms with Gasteiger partial charge in [0.2, 0.25) is 5.91 Å². The molecule has 2 atom stereocenters. The van der Waals surface area contributed by atoms with Crippen molar-refractivity contribution in [1.82, 2.24) is 5.32 Å². The van der Waals surface area contributed by atoms with E-state index in [4.69, 9.17) is 4.74 Å². The quantitative estimate of drug-likeness (QED) is 0.895. The fourth-order valence-electron chi connectivity index (χ4n) is 3.12. The predicted octanol–water partition coefficient (Wildman–Crippen LogP) is 3.61. The third-order valence-electron chi connectivity index (χ3n) is 4.43. The molecular weight excluding hydrogens is 316 g/mol. The Labute approximate surface area is 147 Å². The zero-order chi connectivity index (χ0) is 17.6. The highest BCUT2D eigenvalue weighted by molar-refractivity contribution is 5.85. The number of nitrogens with one attached hydrogen (secondary N) is 2. The third kappa shape index (κ3) is 4.59. The van der Waals surface area contributed by atoms with E-state index in [-0.39, 0.29) is 24.5 Å². The van der Waals surface area contributed by atoms with Gasteiger partial charge < -0.3 is 10.1 Å². The van der Waals surface area contributed by atoms with Crippen LogP contribution in [0.15, 0.2) is 54.6 Å². The molecule has 1 aliphatic heterocycles. The molecule has 1 fully saturated rings. The van der Waals surface area contributed by atoms with Crippen LogP contribution in [0.25, 0.3) is 0 Å². The molecule has 25 heavy (non-hydrogen) atoms. The van der Waals surface area contributed by atoms with Gasteiger partial charge in [0.15, 0.2) is 0 Å². The van der Waals surface area contributed by atoms with Gasteiger partial charge in [0.1, 0.15) is 6.61 Å². The van der Waals surface area contributed by atoms with Crippen molar-refractivity contribution in [3.63, 3.8) is 0 Å². The van der Waals surface area contributed by atoms with E-state index >= 15 is 0 Å². The summed E-state index contributed by atoms with van der Waals surface area (Å²) < 4.78 is 5.31. The van der Waals surface area contributed by atoms with Gasteiger partial charge >= 0.3 is 6.09 Å². The molecule has 130 valence electrons. The second-order valence-corrected chi connectivity index (χ2v) is 6.35. The summed E-state index contributed by atoms with van der Waals surface area (Å²) in [7, 11) is 0. The van der Waals surface area contributed by atoms with Crippen molar-refractivity contribution >= 4 is 17.7 Å². The van der Waals surface area contributed by atoms with Crippen LogP contribution >= 0.6 is 0 Å². The molecular formula is C20H22N2O3. The lowest BCUT2D eigenvalue weighted by molar-refractivity contribution is -0.124. The predicted molar refractivity (Wildman–Crippen MR) is 96.5 cm³/mol. The number of carbonyl (C=O) groups is 2. The largest absolute Gasteiger partial charge is 0.447 e. The highest BCUT2D eigenvalue weighted by Gasteiger charge is 2.28. The topological polar surface area (TPSA) is 67.4 Å². The van der Waals surface area contributed by atoms with E-state index in [9.17, 15) is 9.59 Å². The van der Waals surface area contributed by atoms with Gasteiger partial charge in [-0.3, -0.25) is 10.1 Å². The van der Waals surface area contributed by atoms with Crippen molar-refractivity contribution < 1.29 is 14.3 Å². The molecule has 0 spiro atoms. The highest BCUT2D eigenvalue weighted by Crippen LogP contribution is 2.28. The summed E-state index contributed by atoms with van der Waals surface area (Å²) >= 11 is 0. The van der Waals surface area contributed by atoms with Gasteiger partial charge in [0, 0.05) is 12.1 Å². The maximum absolute atomic E-state index is 12.0. The van der Waals surface area contributed by atoms with Crippen molar-refractivity contribution in [2.24, 2.45) is 0 Å². The molecule has 5 heteroatoms. The lowest BCUT2D eigenvalue weighted by Crippen LogP contribution is -2.44. The van der Waals surface area contributed by atoms with Crippen LogP contribution in [0, 0.1) is 6.92 Å². The minimum absolute atomic E-state index is 0.00647. The van der Waals surface area contributed by atoms with Crippen LogP contribution in [-0.2, 0) is 9.53 Å². The molecule has 5 nitrogen and oxygen atoms in total. The van der Waals surface area contributed by atoms with E-state index < -0.39 is 6.09 Å². The molecule has 1 heterocycles. The first kappa shape index (κ1) is 17.0. The number of piperidine rings is 1. The Morgan fingerprint density at radius 1 is 1.16 bits per heavy atom. The van der Waals surface area contributed by atoms with Crippen LogP contribution in [0.1, 0.15) is 29.9 Å². The number of benzene rings is 2. The standard InChI is InChI=1S/C20H22N2O3/c1-14-7-5-6-10-18(14)22-20(24)25-13-17-11-16(12-19(23)21-17)15-8-3-2-4-9-15/h2-10,16-17H,11-13H2,1H3,(H,21,23)(H,22,24)/t16-,17-/m0/s1. The molecule has 0 radical (unpaired) electrons. The molecule has 1 aliphatic rings. The summed E-state index contributed by atoms with van der Waals surface area (Å²) in [5, 5.41) is 5.63. The fraction of sp³-hybridized carbons (Fsp3) is 0.300. The summed E-state index contributed by atoms with van der Waals surface area (Å²) in [5.74, 6) is 0.149. The number of amides is 2. The van der Waals surface area contributed by atoms with Crippen LogP contribution in [0.2, 0.25) is 0 Å². The molecule has 0 aliphatic carbocycles. The number of hydrogen-bond acceptors (Lipinski definition) is 3. The molecule has 3 rings (SSSR count). The van der Waals surface area contributed by atoms with E-state index in [2.05, 4.69) is 10.6 Å². The second kappa shape index (κ2) is 7.83. The fourth-order valence-corrected chi connectivity index (χ4v) is 3.12. The van der Waals surface area contributed by atoms with Crippen LogP contribution in [0.4, 0.5) is 10.5 Å². The van der Waals surface area contributed by atoms with Gasteiger partial charge in [-0.25, -0.2) is 4.79 Å². The van der Waals surface area contributed by atoms with E-state index in [0.29, 0.717) is 6.42 Å². The van der Waals surface area contributed by atoms with Gasteiger partial charge in [-0.1, -0.05) is 48.5 Å². The lowest BCUT2D eigenvalue weighted by atomic mass is 9.86. The number of aryl methyl sites for hydroxylation is 1. The summed E-state index contributed by atoms with van der Waals surface area (Å²) in [6, 6.07) is 17.3. The van der Waals surface area contributed by atoms with Crippen molar-refractivity contribution in [3.8, 4) is 0 Å². The Kier molecular flexibility index (Phi) is 5.33. The molecule has 0 saturated carbocycles. The van der Waals surface area contributed by atoms with Crippen LogP contribution in [0.5, 0.6) is 0 Å². The Balaban J connectivity index is 1.54. The Bertz CT molecular complexity index is 746. The zero-order valence-corrected chi connectivity index (χ0v) is 14.2. The lowest BCUT2D eigenvalue weighted by Gasteiger charge is -2.29. The smallest absolute Gasteiger partial charge is 0.411 e. The van der Waals surface area contributed by atoms with E-state index in [1.807, 2.05) is 61.5 Å². The average molecular weight is 338 g/mol. The maximum Gasteiger partial charge on any atom is 0.411 e. The van der Waals surface area contributed by atoms with Crippen LogP contribution < -0.4 is 10.6 Å². The molecule has 1 saturated heterocycles. The average Bonchev–Trinajstić information content (AvgIpc) is 2.62. The summed E-state index contributed by atoms with van der Waals surface area (Å²) in [6.45, 7) is 2.08. The van der Waals surface area contributed by atoms with Gasteiger partial charge in [-0.05, 0) is 36.5 Å². The highest BCUT2D eigenvalue weighted by atomic mass is 16.5. The van der Waals surface area contributed by atoms with Crippen LogP contribution in [-0.4, -0.2) is 24.6 Å². The number of hydrogen-bond donors (Lipinski definition) is 2. The first-order valence-corrected chi connectivity index (χ1v) is 8.45.